The van der Waals surface area contributed by atoms with Gasteiger partial charge in [-0.1, -0.05) is 38.1 Å². The molecule has 0 saturated carbocycles. The van der Waals surface area contributed by atoms with Gasteiger partial charge in [0.2, 0.25) is 0 Å². The van der Waals surface area contributed by atoms with E-state index in [2.05, 4.69) is 49.1 Å². The lowest BCUT2D eigenvalue weighted by atomic mass is 10.0. The van der Waals surface area contributed by atoms with E-state index >= 15 is 0 Å². The molecular weight excluding hydrogens is 260 g/mol. The molecule has 21 heavy (non-hydrogen) atoms. The minimum Gasteiger partial charge on any atom is -0.468 e. The van der Waals surface area contributed by atoms with Crippen molar-refractivity contribution in [3.8, 4) is 6.07 Å². The van der Waals surface area contributed by atoms with Gasteiger partial charge in [-0.15, -0.1) is 0 Å². The first-order chi connectivity index (χ1) is 10.2. The van der Waals surface area contributed by atoms with E-state index in [4.69, 9.17) is 9.68 Å². The molecule has 1 aromatic carbocycles. The second-order valence-corrected chi connectivity index (χ2v) is 5.59. The van der Waals surface area contributed by atoms with Gasteiger partial charge in [0.15, 0.2) is 0 Å². The Kier molecular flexibility index (Phi) is 5.59. The van der Waals surface area contributed by atoms with Gasteiger partial charge in [0, 0.05) is 19.5 Å². The first-order valence-corrected chi connectivity index (χ1v) is 7.39. The van der Waals surface area contributed by atoms with Gasteiger partial charge in [-0.25, -0.2) is 0 Å². The molecule has 0 bridgehead atoms. The van der Waals surface area contributed by atoms with E-state index in [0.29, 0.717) is 12.3 Å². The Morgan fingerprint density at radius 1 is 1.14 bits per heavy atom. The number of hydrogen-bond acceptors (Lipinski definition) is 3. The van der Waals surface area contributed by atoms with Crippen molar-refractivity contribution in [2.45, 2.75) is 39.3 Å². The van der Waals surface area contributed by atoms with Crippen LogP contribution in [0.4, 0.5) is 0 Å². The fraction of sp³-hybridized carbons (Fsp3) is 0.389. The molecule has 0 aliphatic rings. The number of nitriles is 1. The number of rotatable bonds is 7. The van der Waals surface area contributed by atoms with E-state index in [-0.39, 0.29) is 0 Å². The van der Waals surface area contributed by atoms with E-state index in [1.807, 2.05) is 12.1 Å². The van der Waals surface area contributed by atoms with Crippen LogP contribution in [-0.4, -0.2) is 11.4 Å². The molecule has 0 radical (unpaired) electrons. The second kappa shape index (κ2) is 7.66. The van der Waals surface area contributed by atoms with Crippen LogP contribution in [0, 0.1) is 11.3 Å². The van der Waals surface area contributed by atoms with E-state index in [9.17, 15) is 0 Å². The van der Waals surface area contributed by atoms with Crippen molar-refractivity contribution in [3.63, 3.8) is 0 Å². The molecule has 1 heterocycles. The van der Waals surface area contributed by atoms with Crippen LogP contribution >= 0.6 is 0 Å². The maximum Gasteiger partial charge on any atom is 0.117 e. The van der Waals surface area contributed by atoms with Crippen LogP contribution in [0.3, 0.4) is 0 Å². The molecular formula is C18H22N2O. The topological polar surface area (TPSA) is 40.2 Å². The monoisotopic (exact) mass is 282 g/mol. The third kappa shape index (κ3) is 4.77. The van der Waals surface area contributed by atoms with Gasteiger partial charge in [-0.2, -0.15) is 5.26 Å². The lowest BCUT2D eigenvalue weighted by molar-refractivity contribution is 0.240. The molecule has 1 aromatic heterocycles. The molecule has 0 spiro atoms. The maximum absolute atomic E-state index is 8.80. The van der Waals surface area contributed by atoms with Gasteiger partial charge >= 0.3 is 0 Å². The first-order valence-electron chi connectivity index (χ1n) is 7.39. The largest absolute Gasteiger partial charge is 0.468 e. The zero-order chi connectivity index (χ0) is 15.1. The van der Waals surface area contributed by atoms with Gasteiger partial charge in [0.25, 0.3) is 0 Å². The maximum atomic E-state index is 8.80. The van der Waals surface area contributed by atoms with E-state index in [1.54, 1.807) is 6.26 Å². The van der Waals surface area contributed by atoms with Crippen LogP contribution in [0.25, 0.3) is 0 Å². The summed E-state index contributed by atoms with van der Waals surface area (Å²) in [4.78, 5) is 2.24. The molecule has 0 fully saturated rings. The van der Waals surface area contributed by atoms with Crippen LogP contribution in [0.5, 0.6) is 0 Å². The van der Waals surface area contributed by atoms with E-state index in [0.717, 1.165) is 25.4 Å². The van der Waals surface area contributed by atoms with Crippen molar-refractivity contribution in [2.75, 3.05) is 6.54 Å². The van der Waals surface area contributed by atoms with Crippen LogP contribution in [0.2, 0.25) is 0 Å². The van der Waals surface area contributed by atoms with Crippen molar-refractivity contribution in [1.82, 2.24) is 4.90 Å². The Hall–Kier alpha value is -2.05. The molecule has 0 amide bonds. The fourth-order valence-corrected chi connectivity index (χ4v) is 2.31. The minimum absolute atomic E-state index is 0.533. The summed E-state index contributed by atoms with van der Waals surface area (Å²) in [6.07, 6.45) is 2.22. The zero-order valence-electron chi connectivity index (χ0n) is 12.7. The van der Waals surface area contributed by atoms with Crippen molar-refractivity contribution in [2.24, 2.45) is 0 Å². The summed E-state index contributed by atoms with van der Waals surface area (Å²) >= 11 is 0. The molecule has 0 aliphatic heterocycles. The molecule has 0 aliphatic carbocycles. The normalized spacial score (nSPS) is 11.0. The molecule has 3 nitrogen and oxygen atoms in total. The van der Waals surface area contributed by atoms with Crippen molar-refractivity contribution >= 4 is 0 Å². The van der Waals surface area contributed by atoms with Crippen LogP contribution in [-0.2, 0) is 13.1 Å². The summed E-state index contributed by atoms with van der Waals surface area (Å²) in [5.41, 5.74) is 2.62. The highest BCUT2D eigenvalue weighted by Crippen LogP contribution is 2.16. The van der Waals surface area contributed by atoms with Crippen molar-refractivity contribution in [1.29, 1.82) is 5.26 Å². The van der Waals surface area contributed by atoms with E-state index in [1.165, 1.54) is 11.1 Å². The lowest BCUT2D eigenvalue weighted by Crippen LogP contribution is -2.23. The van der Waals surface area contributed by atoms with Gasteiger partial charge in [-0.3, -0.25) is 4.90 Å². The number of benzene rings is 1. The second-order valence-electron chi connectivity index (χ2n) is 5.59. The smallest absolute Gasteiger partial charge is 0.117 e. The SMILES string of the molecule is CC(C)c1ccc(CN(CCC#N)Cc2ccco2)cc1. The Morgan fingerprint density at radius 2 is 1.90 bits per heavy atom. The van der Waals surface area contributed by atoms with Crippen molar-refractivity contribution in [3.05, 3.63) is 59.5 Å². The highest BCUT2D eigenvalue weighted by molar-refractivity contribution is 5.24. The number of hydrogen-bond donors (Lipinski definition) is 0. The summed E-state index contributed by atoms with van der Waals surface area (Å²) in [5, 5.41) is 8.80. The summed E-state index contributed by atoms with van der Waals surface area (Å²) in [7, 11) is 0. The Bertz CT molecular complexity index is 564. The number of furan rings is 1. The number of nitrogens with zero attached hydrogens (tertiary/aromatic N) is 2. The van der Waals surface area contributed by atoms with Crippen LogP contribution in [0.15, 0.2) is 47.1 Å². The van der Waals surface area contributed by atoms with Crippen LogP contribution in [0.1, 0.15) is 43.1 Å². The molecule has 0 N–H and O–H groups in total. The standard InChI is InChI=1S/C18H22N2O/c1-15(2)17-8-6-16(7-9-17)13-20(11-4-10-19)14-18-5-3-12-21-18/h3,5-9,12,15H,4,11,13-14H2,1-2H3. The minimum atomic E-state index is 0.533. The molecule has 2 aromatic rings. The Morgan fingerprint density at radius 3 is 2.48 bits per heavy atom. The average Bonchev–Trinajstić information content (AvgIpc) is 2.98. The van der Waals surface area contributed by atoms with Gasteiger partial charge in [0.1, 0.15) is 5.76 Å². The summed E-state index contributed by atoms with van der Waals surface area (Å²) < 4.78 is 5.41. The molecule has 110 valence electrons. The van der Waals surface area contributed by atoms with Gasteiger partial charge < -0.3 is 4.42 Å². The summed E-state index contributed by atoms with van der Waals surface area (Å²) in [6, 6.07) is 14.8. The molecule has 0 saturated heterocycles. The highest BCUT2D eigenvalue weighted by atomic mass is 16.3. The molecule has 3 heteroatoms. The molecule has 0 atom stereocenters. The Balaban J connectivity index is 2.01. The first kappa shape index (κ1) is 15.3. The summed E-state index contributed by atoms with van der Waals surface area (Å²) in [5.74, 6) is 1.49. The summed E-state index contributed by atoms with van der Waals surface area (Å²) in [6.45, 7) is 6.72. The fourth-order valence-electron chi connectivity index (χ4n) is 2.31. The van der Waals surface area contributed by atoms with Crippen LogP contribution < -0.4 is 0 Å². The van der Waals surface area contributed by atoms with Crippen molar-refractivity contribution < 1.29 is 4.42 Å². The lowest BCUT2D eigenvalue weighted by Gasteiger charge is -2.20. The Labute approximate surface area is 126 Å². The average molecular weight is 282 g/mol. The van der Waals surface area contributed by atoms with E-state index < -0.39 is 0 Å². The third-order valence-corrected chi connectivity index (χ3v) is 3.55. The molecule has 2 rings (SSSR count). The predicted octanol–water partition coefficient (Wildman–Crippen LogP) is 4.32. The predicted molar refractivity (Wildman–Crippen MR) is 83.6 cm³/mol. The quantitative estimate of drug-likeness (QED) is 0.759. The zero-order valence-corrected chi connectivity index (χ0v) is 12.7. The highest BCUT2D eigenvalue weighted by Gasteiger charge is 2.09. The molecule has 0 unspecified atom stereocenters. The van der Waals surface area contributed by atoms with Gasteiger partial charge in [-0.05, 0) is 29.2 Å². The van der Waals surface area contributed by atoms with Gasteiger partial charge in [0.05, 0.1) is 18.9 Å². The third-order valence-electron chi connectivity index (χ3n) is 3.55.